The van der Waals surface area contributed by atoms with Gasteiger partial charge in [0.05, 0.1) is 5.92 Å². The molecule has 0 N–H and O–H groups in total. The molecule has 0 amide bonds. The predicted octanol–water partition coefficient (Wildman–Crippen LogP) is 2.68. The highest BCUT2D eigenvalue weighted by Crippen LogP contribution is 2.17. The van der Waals surface area contributed by atoms with Gasteiger partial charge in [-0.2, -0.15) is 0 Å². The molecule has 0 spiro atoms. The molecule has 0 aliphatic carbocycles. The van der Waals surface area contributed by atoms with E-state index in [2.05, 4.69) is 4.99 Å². The van der Waals surface area contributed by atoms with Gasteiger partial charge < -0.3 is 0 Å². The number of ketones is 2. The summed E-state index contributed by atoms with van der Waals surface area (Å²) in [5.41, 5.74) is 0.741. The Bertz CT molecular complexity index is 290. The van der Waals surface area contributed by atoms with E-state index in [0.717, 1.165) is 5.71 Å². The van der Waals surface area contributed by atoms with Crippen LogP contribution in [0.25, 0.3) is 0 Å². The maximum absolute atomic E-state index is 11.6. The fourth-order valence-electron chi connectivity index (χ4n) is 1.91. The van der Waals surface area contributed by atoms with Crippen molar-refractivity contribution in [3.63, 3.8) is 0 Å². The van der Waals surface area contributed by atoms with E-state index < -0.39 is 0 Å². The predicted molar refractivity (Wildman–Crippen MR) is 66.9 cm³/mol. The van der Waals surface area contributed by atoms with Crippen molar-refractivity contribution in [2.75, 3.05) is 0 Å². The third-order valence-corrected chi connectivity index (χ3v) is 2.32. The summed E-state index contributed by atoms with van der Waals surface area (Å²) in [6.45, 7) is 11.0. The highest BCUT2D eigenvalue weighted by molar-refractivity contribution is 6.11. The first-order valence-electron chi connectivity index (χ1n) is 5.82. The minimum Gasteiger partial charge on any atom is -0.300 e. The molecule has 0 saturated carbocycles. The van der Waals surface area contributed by atoms with E-state index in [-0.39, 0.29) is 29.4 Å². The van der Waals surface area contributed by atoms with Gasteiger partial charge in [-0.25, -0.2) is 0 Å². The summed E-state index contributed by atoms with van der Waals surface area (Å²) >= 11 is 0. The van der Waals surface area contributed by atoms with Gasteiger partial charge in [0.2, 0.25) is 0 Å². The minimum atomic E-state index is -0.216. The van der Waals surface area contributed by atoms with Crippen molar-refractivity contribution in [3.05, 3.63) is 0 Å². The van der Waals surface area contributed by atoms with Gasteiger partial charge in [0, 0.05) is 18.2 Å². The van der Waals surface area contributed by atoms with E-state index in [1.165, 1.54) is 6.92 Å². The lowest BCUT2D eigenvalue weighted by atomic mass is 9.85. The average Bonchev–Trinajstić information content (AvgIpc) is 1.98. The first-order valence-corrected chi connectivity index (χ1v) is 5.82. The zero-order valence-corrected chi connectivity index (χ0v) is 11.2. The third-order valence-electron chi connectivity index (χ3n) is 2.32. The van der Waals surface area contributed by atoms with Crippen LogP contribution in [0.5, 0.6) is 0 Å². The van der Waals surface area contributed by atoms with Crippen LogP contribution in [-0.2, 0) is 9.59 Å². The Morgan fingerprint density at radius 1 is 1.06 bits per heavy atom. The summed E-state index contributed by atoms with van der Waals surface area (Å²) in [5.74, 6) is 0.127. The van der Waals surface area contributed by atoms with Crippen molar-refractivity contribution in [2.24, 2.45) is 16.8 Å². The summed E-state index contributed by atoms with van der Waals surface area (Å²) < 4.78 is 0. The molecule has 1 atom stereocenters. The number of carbonyl (C=O) groups is 2. The van der Waals surface area contributed by atoms with Crippen LogP contribution in [0, 0.1) is 11.8 Å². The Morgan fingerprint density at radius 3 is 1.81 bits per heavy atom. The number of Topliss-reactive ketones (excluding diaryl/α,β-unsaturated/α-hetero) is 2. The molecular weight excluding hydrogens is 202 g/mol. The van der Waals surface area contributed by atoms with E-state index in [9.17, 15) is 9.59 Å². The molecule has 0 bridgehead atoms. The van der Waals surface area contributed by atoms with Crippen LogP contribution in [-0.4, -0.2) is 23.3 Å². The van der Waals surface area contributed by atoms with E-state index in [1.807, 2.05) is 27.7 Å². The number of rotatable bonds is 6. The second-order valence-corrected chi connectivity index (χ2v) is 4.93. The van der Waals surface area contributed by atoms with Crippen molar-refractivity contribution in [1.29, 1.82) is 0 Å². The Hall–Kier alpha value is -0.990. The van der Waals surface area contributed by atoms with Crippen LogP contribution in [0.15, 0.2) is 4.99 Å². The lowest BCUT2D eigenvalue weighted by molar-refractivity contribution is -0.119. The molecule has 0 heterocycles. The van der Waals surface area contributed by atoms with Gasteiger partial charge in [-0.15, -0.1) is 0 Å². The molecule has 0 radical (unpaired) electrons. The van der Waals surface area contributed by atoms with Gasteiger partial charge >= 0.3 is 0 Å². The molecule has 0 aliphatic rings. The molecule has 16 heavy (non-hydrogen) atoms. The quantitative estimate of drug-likeness (QED) is 0.652. The largest absolute Gasteiger partial charge is 0.300 e. The van der Waals surface area contributed by atoms with Crippen molar-refractivity contribution in [1.82, 2.24) is 0 Å². The van der Waals surface area contributed by atoms with Crippen molar-refractivity contribution >= 4 is 17.3 Å². The van der Waals surface area contributed by atoms with E-state index in [4.69, 9.17) is 0 Å². The summed E-state index contributed by atoms with van der Waals surface area (Å²) in [6.07, 6.45) is 0.292. The summed E-state index contributed by atoms with van der Waals surface area (Å²) in [6, 6.07) is 0.120. The molecule has 3 nitrogen and oxygen atoms in total. The standard InChI is InChI=1S/C13H23NO2/c1-8(2)13(11(6)16)12(7-10(5)15)14-9(3)4/h8-9,13H,7H2,1-6H3/t13-/m0/s1. The lowest BCUT2D eigenvalue weighted by Crippen LogP contribution is -2.29. The van der Waals surface area contributed by atoms with Crippen LogP contribution in [0.3, 0.4) is 0 Å². The third kappa shape index (κ3) is 5.19. The second kappa shape index (κ2) is 6.56. The topological polar surface area (TPSA) is 46.5 Å². The van der Waals surface area contributed by atoms with Gasteiger partial charge in [0.15, 0.2) is 0 Å². The molecule has 0 aromatic rings. The maximum Gasteiger partial charge on any atom is 0.138 e. The smallest absolute Gasteiger partial charge is 0.138 e. The Labute approximate surface area is 98.3 Å². The highest BCUT2D eigenvalue weighted by Gasteiger charge is 2.25. The fourth-order valence-corrected chi connectivity index (χ4v) is 1.91. The molecule has 0 aromatic carbocycles. The van der Waals surface area contributed by atoms with Crippen LogP contribution < -0.4 is 0 Å². The molecule has 0 aromatic heterocycles. The van der Waals surface area contributed by atoms with E-state index >= 15 is 0 Å². The first-order chi connectivity index (χ1) is 7.25. The number of nitrogens with zero attached hydrogens (tertiary/aromatic N) is 1. The molecule has 0 fully saturated rings. The van der Waals surface area contributed by atoms with Gasteiger partial charge in [-0.3, -0.25) is 14.6 Å². The Balaban J connectivity index is 5.12. The minimum absolute atomic E-state index is 0.0614. The number of carbonyl (C=O) groups excluding carboxylic acids is 2. The van der Waals surface area contributed by atoms with Gasteiger partial charge in [-0.1, -0.05) is 13.8 Å². The molecule has 3 heteroatoms. The van der Waals surface area contributed by atoms with Crippen LogP contribution in [0.2, 0.25) is 0 Å². The van der Waals surface area contributed by atoms with Crippen molar-refractivity contribution in [3.8, 4) is 0 Å². The lowest BCUT2D eigenvalue weighted by Gasteiger charge is -2.20. The van der Waals surface area contributed by atoms with Gasteiger partial charge in [0.1, 0.15) is 11.6 Å². The fraction of sp³-hybridized carbons (Fsp3) is 0.769. The van der Waals surface area contributed by atoms with Crippen molar-refractivity contribution < 1.29 is 9.59 Å². The number of hydrogen-bond donors (Lipinski definition) is 0. The van der Waals surface area contributed by atoms with E-state index in [1.54, 1.807) is 6.92 Å². The Morgan fingerprint density at radius 2 is 1.56 bits per heavy atom. The Kier molecular flexibility index (Phi) is 6.16. The summed E-state index contributed by atoms with van der Waals surface area (Å²) in [5, 5.41) is 0. The zero-order chi connectivity index (χ0) is 12.9. The molecular formula is C13H23NO2. The molecule has 0 saturated heterocycles. The van der Waals surface area contributed by atoms with Crippen LogP contribution in [0.1, 0.15) is 48.0 Å². The average molecular weight is 225 g/mol. The summed E-state index contributed by atoms with van der Waals surface area (Å²) in [4.78, 5) is 27.2. The number of aliphatic imine (C=N–C) groups is 1. The van der Waals surface area contributed by atoms with Crippen LogP contribution >= 0.6 is 0 Å². The SMILES string of the molecule is CC(=O)CC(=NC(C)C)[C@H](C(C)=O)C(C)C. The summed E-state index contributed by atoms with van der Waals surface area (Å²) in [7, 11) is 0. The molecule has 0 rings (SSSR count). The molecule has 92 valence electrons. The monoisotopic (exact) mass is 225 g/mol. The van der Waals surface area contributed by atoms with Crippen molar-refractivity contribution in [2.45, 2.75) is 54.0 Å². The van der Waals surface area contributed by atoms with Gasteiger partial charge in [0.25, 0.3) is 0 Å². The first kappa shape index (κ1) is 15.0. The van der Waals surface area contributed by atoms with E-state index in [0.29, 0.717) is 6.42 Å². The number of hydrogen-bond acceptors (Lipinski definition) is 3. The van der Waals surface area contributed by atoms with Crippen LogP contribution in [0.4, 0.5) is 0 Å². The zero-order valence-electron chi connectivity index (χ0n) is 11.2. The maximum atomic E-state index is 11.6. The molecule has 0 unspecified atom stereocenters. The molecule has 0 aliphatic heterocycles. The van der Waals surface area contributed by atoms with Gasteiger partial charge in [-0.05, 0) is 33.6 Å². The normalized spacial score (nSPS) is 14.4. The highest BCUT2D eigenvalue weighted by atomic mass is 16.1. The second-order valence-electron chi connectivity index (χ2n) is 4.93.